The van der Waals surface area contributed by atoms with Gasteiger partial charge in [0.05, 0.1) is 35.9 Å². The number of nitrogens with zero attached hydrogens (tertiary/aromatic N) is 4. The molecule has 0 N–H and O–H groups in total. The normalized spacial score (nSPS) is 24.3. The largest absolute Gasteiger partial charge is 0.360 e. The number of aromatic nitrogens is 2. The molecule has 5 rings (SSSR count). The zero-order chi connectivity index (χ0) is 17.4. The van der Waals surface area contributed by atoms with Gasteiger partial charge in [0.2, 0.25) is 5.91 Å². The van der Waals surface area contributed by atoms with Crippen molar-refractivity contribution in [1.82, 2.24) is 19.9 Å². The molecule has 3 aliphatic rings. The molecule has 0 radical (unpaired) electrons. The van der Waals surface area contributed by atoms with Gasteiger partial charge in [-0.2, -0.15) is 0 Å². The lowest BCUT2D eigenvalue weighted by Crippen LogP contribution is -2.47. The predicted octanol–water partition coefficient (Wildman–Crippen LogP) is 2.88. The number of rotatable bonds is 5. The van der Waals surface area contributed by atoms with Crippen LogP contribution in [0.4, 0.5) is 0 Å². The maximum absolute atomic E-state index is 12.9. The van der Waals surface area contributed by atoms with Crippen LogP contribution in [0.5, 0.6) is 0 Å². The molecule has 3 aliphatic heterocycles. The third-order valence-electron chi connectivity index (χ3n) is 5.23. The molecule has 2 bridgehead atoms. The zero-order valence-corrected chi connectivity index (χ0v) is 15.5. The molecule has 25 heavy (non-hydrogen) atoms. The Balaban J connectivity index is 1.47. The van der Waals surface area contributed by atoms with Crippen LogP contribution in [0, 0.1) is 5.92 Å². The van der Waals surface area contributed by atoms with Gasteiger partial charge in [0.1, 0.15) is 0 Å². The highest BCUT2D eigenvalue weighted by Gasteiger charge is 2.40. The van der Waals surface area contributed by atoms with Gasteiger partial charge < -0.3 is 9.42 Å². The Hall–Kier alpha value is -1.73. The second kappa shape index (κ2) is 6.88. The van der Waals surface area contributed by atoms with Crippen LogP contribution in [0.25, 0.3) is 0 Å². The highest BCUT2D eigenvalue weighted by atomic mass is 32.1. The molecule has 5 heterocycles. The third-order valence-corrected chi connectivity index (χ3v) is 5.87. The Morgan fingerprint density at radius 2 is 2.20 bits per heavy atom. The average molecular weight is 360 g/mol. The first-order valence-electron chi connectivity index (χ1n) is 8.95. The van der Waals surface area contributed by atoms with Crippen molar-refractivity contribution >= 4 is 17.2 Å². The van der Waals surface area contributed by atoms with Crippen LogP contribution in [0.2, 0.25) is 0 Å². The van der Waals surface area contributed by atoms with Gasteiger partial charge in [-0.15, -0.1) is 11.3 Å². The number of fused-ring (bicyclic) bond motifs is 4. The van der Waals surface area contributed by atoms with Gasteiger partial charge in [-0.25, -0.2) is 4.98 Å². The molecular weight excluding hydrogens is 336 g/mol. The van der Waals surface area contributed by atoms with Crippen molar-refractivity contribution in [3.8, 4) is 0 Å². The number of carbonyl (C=O) groups excluding carboxylic acids is 1. The van der Waals surface area contributed by atoms with E-state index in [1.807, 2.05) is 21.9 Å². The van der Waals surface area contributed by atoms with Crippen LogP contribution in [0.3, 0.4) is 0 Å². The van der Waals surface area contributed by atoms with E-state index in [1.54, 1.807) is 11.3 Å². The number of thiazole rings is 1. The Bertz CT molecular complexity index is 727. The highest BCUT2D eigenvalue weighted by Crippen LogP contribution is 2.31. The maximum atomic E-state index is 12.9. The summed E-state index contributed by atoms with van der Waals surface area (Å²) < 4.78 is 5.50. The van der Waals surface area contributed by atoms with E-state index < -0.39 is 0 Å². The molecule has 0 aliphatic carbocycles. The molecule has 134 valence electrons. The van der Waals surface area contributed by atoms with Crippen molar-refractivity contribution in [2.75, 3.05) is 13.1 Å². The van der Waals surface area contributed by atoms with Gasteiger partial charge in [0.25, 0.3) is 0 Å². The SMILES string of the molecule is CC(C)c1cc(CN2C[C@@H]3CC[C@H](C2)N(Cc2cscn2)C3=O)on1. The lowest BCUT2D eigenvalue weighted by molar-refractivity contribution is -0.140. The average Bonchev–Trinajstić information content (AvgIpc) is 3.19. The second-order valence-corrected chi connectivity index (χ2v) is 8.16. The molecule has 0 unspecified atom stereocenters. The molecule has 0 spiro atoms. The summed E-state index contributed by atoms with van der Waals surface area (Å²) in [6, 6.07) is 2.31. The molecule has 3 saturated heterocycles. The van der Waals surface area contributed by atoms with E-state index in [4.69, 9.17) is 4.52 Å². The minimum atomic E-state index is 0.0878. The fraction of sp³-hybridized carbons (Fsp3) is 0.611. The van der Waals surface area contributed by atoms with E-state index in [9.17, 15) is 4.79 Å². The Labute approximate surface area is 151 Å². The summed E-state index contributed by atoms with van der Waals surface area (Å²) in [5.41, 5.74) is 3.82. The lowest BCUT2D eigenvalue weighted by Gasteiger charge is -2.35. The molecule has 3 fully saturated rings. The van der Waals surface area contributed by atoms with Crippen LogP contribution < -0.4 is 0 Å². The fourth-order valence-electron chi connectivity index (χ4n) is 3.85. The summed E-state index contributed by atoms with van der Waals surface area (Å²) >= 11 is 1.58. The minimum absolute atomic E-state index is 0.0878. The first-order valence-corrected chi connectivity index (χ1v) is 9.90. The molecule has 0 aromatic carbocycles. The molecule has 6 nitrogen and oxygen atoms in total. The van der Waals surface area contributed by atoms with Gasteiger partial charge in [-0.3, -0.25) is 9.69 Å². The van der Waals surface area contributed by atoms with Crippen LogP contribution in [-0.4, -0.2) is 45.0 Å². The van der Waals surface area contributed by atoms with E-state index in [0.717, 1.165) is 49.6 Å². The number of hydrogen-bond acceptors (Lipinski definition) is 6. The Kier molecular flexibility index (Phi) is 4.60. The van der Waals surface area contributed by atoms with E-state index in [2.05, 4.69) is 28.9 Å². The zero-order valence-electron chi connectivity index (χ0n) is 14.7. The summed E-state index contributed by atoms with van der Waals surface area (Å²) in [5.74, 6) is 1.63. The maximum Gasteiger partial charge on any atom is 0.227 e. The lowest BCUT2D eigenvalue weighted by atomic mass is 9.94. The number of hydrogen-bond donors (Lipinski definition) is 0. The van der Waals surface area contributed by atoms with Crippen molar-refractivity contribution in [3.63, 3.8) is 0 Å². The summed E-state index contributed by atoms with van der Waals surface area (Å²) in [7, 11) is 0. The van der Waals surface area contributed by atoms with Crippen LogP contribution in [0.15, 0.2) is 21.5 Å². The van der Waals surface area contributed by atoms with Gasteiger partial charge in [-0.05, 0) is 18.8 Å². The standard InChI is InChI=1S/C18H24N4O2S/c1-12(2)17-5-16(24-20-17)9-21-6-13-3-4-15(8-21)22(18(13)23)7-14-10-25-11-19-14/h5,10-13,15H,3-4,6-9H2,1-2H3/t13-,15+/m0/s1. The van der Waals surface area contributed by atoms with Gasteiger partial charge in [0.15, 0.2) is 5.76 Å². The van der Waals surface area contributed by atoms with E-state index in [-0.39, 0.29) is 17.9 Å². The Morgan fingerprint density at radius 3 is 2.92 bits per heavy atom. The van der Waals surface area contributed by atoms with E-state index in [0.29, 0.717) is 12.5 Å². The first kappa shape index (κ1) is 16.7. The predicted molar refractivity (Wildman–Crippen MR) is 95.0 cm³/mol. The molecule has 0 saturated carbocycles. The van der Waals surface area contributed by atoms with Crippen molar-refractivity contribution in [2.45, 2.75) is 51.7 Å². The van der Waals surface area contributed by atoms with Gasteiger partial charge >= 0.3 is 0 Å². The Morgan fingerprint density at radius 1 is 1.32 bits per heavy atom. The van der Waals surface area contributed by atoms with Crippen LogP contribution in [0.1, 0.15) is 49.8 Å². The van der Waals surface area contributed by atoms with Crippen molar-refractivity contribution in [3.05, 3.63) is 34.1 Å². The van der Waals surface area contributed by atoms with E-state index >= 15 is 0 Å². The fourth-order valence-corrected chi connectivity index (χ4v) is 4.40. The van der Waals surface area contributed by atoms with Crippen molar-refractivity contribution in [1.29, 1.82) is 0 Å². The van der Waals surface area contributed by atoms with E-state index in [1.165, 1.54) is 0 Å². The topological polar surface area (TPSA) is 62.5 Å². The molecule has 7 heteroatoms. The highest BCUT2D eigenvalue weighted by molar-refractivity contribution is 7.07. The summed E-state index contributed by atoms with van der Waals surface area (Å²) in [6.45, 7) is 7.29. The van der Waals surface area contributed by atoms with Gasteiger partial charge in [0, 0.05) is 30.6 Å². The summed E-state index contributed by atoms with van der Waals surface area (Å²) in [4.78, 5) is 21.6. The monoisotopic (exact) mass is 360 g/mol. The number of carbonyl (C=O) groups is 1. The smallest absolute Gasteiger partial charge is 0.227 e. The summed E-state index contributed by atoms with van der Waals surface area (Å²) in [5, 5.41) is 6.19. The van der Waals surface area contributed by atoms with Crippen LogP contribution in [-0.2, 0) is 17.9 Å². The second-order valence-electron chi connectivity index (χ2n) is 7.44. The summed E-state index contributed by atoms with van der Waals surface area (Å²) in [6.07, 6.45) is 2.06. The quantitative estimate of drug-likeness (QED) is 0.820. The number of piperidine rings is 1. The molecule has 2 atom stereocenters. The third kappa shape index (κ3) is 3.48. The molecule has 2 aromatic rings. The molecule has 1 amide bonds. The molecule has 2 aromatic heterocycles. The van der Waals surface area contributed by atoms with Crippen molar-refractivity contribution in [2.24, 2.45) is 5.92 Å². The number of amides is 1. The van der Waals surface area contributed by atoms with Crippen molar-refractivity contribution < 1.29 is 9.32 Å². The van der Waals surface area contributed by atoms with Gasteiger partial charge in [-0.1, -0.05) is 19.0 Å². The minimum Gasteiger partial charge on any atom is -0.360 e. The molecular formula is C18H24N4O2S. The van der Waals surface area contributed by atoms with Crippen LogP contribution >= 0.6 is 11.3 Å². The first-order chi connectivity index (χ1) is 12.1.